The van der Waals surface area contributed by atoms with Gasteiger partial charge in [-0.1, -0.05) is 6.07 Å². The van der Waals surface area contributed by atoms with E-state index in [4.69, 9.17) is 10.6 Å². The molecule has 0 saturated carbocycles. The van der Waals surface area contributed by atoms with Crippen LogP contribution in [0.5, 0.6) is 0 Å². The van der Waals surface area contributed by atoms with Gasteiger partial charge in [-0.2, -0.15) is 0 Å². The van der Waals surface area contributed by atoms with Crippen molar-refractivity contribution < 1.29 is 14.5 Å². The molecule has 0 radical (unpaired) electrons. The van der Waals surface area contributed by atoms with E-state index in [1.807, 2.05) is 6.92 Å². The Labute approximate surface area is 121 Å². The molecule has 0 aromatic heterocycles. The summed E-state index contributed by atoms with van der Waals surface area (Å²) in [6, 6.07) is 4.16. The maximum atomic E-state index is 12.3. The van der Waals surface area contributed by atoms with E-state index >= 15 is 0 Å². The van der Waals surface area contributed by atoms with Crippen molar-refractivity contribution in [3.8, 4) is 0 Å². The molecule has 8 nitrogen and oxygen atoms in total. The predicted molar refractivity (Wildman–Crippen MR) is 76.8 cm³/mol. The molecule has 8 heteroatoms. The van der Waals surface area contributed by atoms with Crippen LogP contribution in [0.4, 0.5) is 11.4 Å². The lowest BCUT2D eigenvalue weighted by molar-refractivity contribution is -0.384. The fourth-order valence-corrected chi connectivity index (χ4v) is 2.38. The number of carbonyl (C=O) groups excluding carboxylic acids is 1. The van der Waals surface area contributed by atoms with Crippen LogP contribution >= 0.6 is 0 Å². The molecule has 2 atom stereocenters. The Bertz CT molecular complexity index is 543. The van der Waals surface area contributed by atoms with E-state index in [9.17, 15) is 14.9 Å². The summed E-state index contributed by atoms with van der Waals surface area (Å²) in [4.78, 5) is 22.7. The van der Waals surface area contributed by atoms with E-state index in [1.54, 1.807) is 0 Å². The first kappa shape index (κ1) is 15.2. The number of nitrogens with one attached hydrogen (secondary N) is 2. The monoisotopic (exact) mass is 294 g/mol. The van der Waals surface area contributed by atoms with E-state index in [-0.39, 0.29) is 28.9 Å². The third kappa shape index (κ3) is 3.29. The SMILES string of the molecule is CC(NC(=O)c1cccc([N+](=O)[O-])c1NN)C1CCOC1. The molecule has 1 aromatic carbocycles. The number of amides is 1. The fourth-order valence-electron chi connectivity index (χ4n) is 2.38. The number of para-hydroxylation sites is 1. The minimum Gasteiger partial charge on any atom is -0.381 e. The smallest absolute Gasteiger partial charge is 0.294 e. The lowest BCUT2D eigenvalue weighted by Gasteiger charge is -2.20. The molecule has 21 heavy (non-hydrogen) atoms. The molecule has 1 fully saturated rings. The number of carbonyl (C=O) groups is 1. The molecule has 114 valence electrons. The average Bonchev–Trinajstić information content (AvgIpc) is 3.00. The van der Waals surface area contributed by atoms with Crippen molar-refractivity contribution in [1.82, 2.24) is 5.32 Å². The summed E-state index contributed by atoms with van der Waals surface area (Å²) in [5.41, 5.74) is 2.17. The number of rotatable bonds is 5. The summed E-state index contributed by atoms with van der Waals surface area (Å²) in [6.45, 7) is 3.19. The maximum absolute atomic E-state index is 12.3. The zero-order valence-electron chi connectivity index (χ0n) is 11.7. The van der Waals surface area contributed by atoms with Gasteiger partial charge in [0.05, 0.1) is 17.1 Å². The quantitative estimate of drug-likeness (QED) is 0.424. The molecule has 1 aliphatic heterocycles. The van der Waals surface area contributed by atoms with E-state index in [0.717, 1.165) is 6.42 Å². The van der Waals surface area contributed by atoms with Crippen LogP contribution in [0.15, 0.2) is 18.2 Å². The van der Waals surface area contributed by atoms with Crippen LogP contribution in [0.1, 0.15) is 23.7 Å². The Hall–Kier alpha value is -2.19. The second-order valence-corrected chi connectivity index (χ2v) is 4.99. The molecule has 1 aliphatic rings. The molecule has 2 rings (SSSR count). The second kappa shape index (κ2) is 6.51. The van der Waals surface area contributed by atoms with Crippen LogP contribution in [-0.4, -0.2) is 30.1 Å². The third-order valence-corrected chi connectivity index (χ3v) is 3.66. The minimum absolute atomic E-state index is 0.00914. The van der Waals surface area contributed by atoms with Gasteiger partial charge >= 0.3 is 0 Å². The fraction of sp³-hybridized carbons (Fsp3) is 0.462. The molecular weight excluding hydrogens is 276 g/mol. The highest BCUT2D eigenvalue weighted by atomic mass is 16.6. The number of hydrazine groups is 1. The number of nitro benzene ring substituents is 1. The number of nitrogen functional groups attached to an aromatic ring is 1. The van der Waals surface area contributed by atoms with Gasteiger partial charge in [-0.15, -0.1) is 0 Å². The van der Waals surface area contributed by atoms with Gasteiger partial charge in [0.15, 0.2) is 0 Å². The van der Waals surface area contributed by atoms with Crippen molar-refractivity contribution in [2.75, 3.05) is 18.6 Å². The summed E-state index contributed by atoms with van der Waals surface area (Å²) in [5.74, 6) is 5.18. The standard InChI is InChI=1S/C13H18N4O4/c1-8(9-5-6-21-7-9)15-13(18)10-3-2-4-11(17(19)20)12(10)16-14/h2-4,8-9,16H,5-7,14H2,1H3,(H,15,18). The Morgan fingerprint density at radius 3 is 2.90 bits per heavy atom. The number of nitrogens with two attached hydrogens (primary N) is 1. The average molecular weight is 294 g/mol. The van der Waals surface area contributed by atoms with Crippen molar-refractivity contribution in [3.63, 3.8) is 0 Å². The second-order valence-electron chi connectivity index (χ2n) is 4.99. The number of nitrogens with zero attached hydrogens (tertiary/aromatic N) is 1. The third-order valence-electron chi connectivity index (χ3n) is 3.66. The Kier molecular flexibility index (Phi) is 4.71. The Balaban J connectivity index is 2.18. The summed E-state index contributed by atoms with van der Waals surface area (Å²) < 4.78 is 5.29. The number of benzene rings is 1. The molecule has 1 heterocycles. The largest absolute Gasteiger partial charge is 0.381 e. The zero-order valence-corrected chi connectivity index (χ0v) is 11.7. The van der Waals surface area contributed by atoms with Crippen LogP contribution in [0.3, 0.4) is 0 Å². The van der Waals surface area contributed by atoms with Crippen LogP contribution in [0.25, 0.3) is 0 Å². The van der Waals surface area contributed by atoms with Crippen LogP contribution in [-0.2, 0) is 4.74 Å². The zero-order chi connectivity index (χ0) is 15.4. The Morgan fingerprint density at radius 2 is 2.33 bits per heavy atom. The first-order valence-electron chi connectivity index (χ1n) is 6.67. The number of nitro groups is 1. The van der Waals surface area contributed by atoms with Crippen LogP contribution < -0.4 is 16.6 Å². The van der Waals surface area contributed by atoms with Crippen molar-refractivity contribution >= 4 is 17.3 Å². The summed E-state index contributed by atoms with van der Waals surface area (Å²) in [5, 5.41) is 13.8. The molecular formula is C13H18N4O4. The van der Waals surface area contributed by atoms with Crippen molar-refractivity contribution in [2.45, 2.75) is 19.4 Å². The van der Waals surface area contributed by atoms with Gasteiger partial charge in [0.2, 0.25) is 0 Å². The van der Waals surface area contributed by atoms with Gasteiger partial charge in [0.1, 0.15) is 5.69 Å². The summed E-state index contributed by atoms with van der Waals surface area (Å²) in [7, 11) is 0. The number of anilines is 1. The molecule has 1 amide bonds. The van der Waals surface area contributed by atoms with Gasteiger partial charge in [-0.05, 0) is 19.4 Å². The lowest BCUT2D eigenvalue weighted by Crippen LogP contribution is -2.38. The number of hydrogen-bond acceptors (Lipinski definition) is 6. The van der Waals surface area contributed by atoms with E-state index in [1.165, 1.54) is 18.2 Å². The van der Waals surface area contributed by atoms with E-state index in [2.05, 4.69) is 10.7 Å². The van der Waals surface area contributed by atoms with Gasteiger partial charge in [0, 0.05) is 24.6 Å². The molecule has 2 unspecified atom stereocenters. The normalized spacial score (nSPS) is 19.0. The summed E-state index contributed by atoms with van der Waals surface area (Å²) >= 11 is 0. The highest BCUT2D eigenvalue weighted by Crippen LogP contribution is 2.27. The number of hydrogen-bond donors (Lipinski definition) is 3. The van der Waals surface area contributed by atoms with Crippen molar-refractivity contribution in [3.05, 3.63) is 33.9 Å². The van der Waals surface area contributed by atoms with Crippen molar-refractivity contribution in [2.24, 2.45) is 11.8 Å². The first-order chi connectivity index (χ1) is 10.0. The highest BCUT2D eigenvalue weighted by molar-refractivity contribution is 6.01. The highest BCUT2D eigenvalue weighted by Gasteiger charge is 2.26. The first-order valence-corrected chi connectivity index (χ1v) is 6.67. The van der Waals surface area contributed by atoms with E-state index < -0.39 is 10.8 Å². The Morgan fingerprint density at radius 1 is 1.57 bits per heavy atom. The van der Waals surface area contributed by atoms with Crippen LogP contribution in [0.2, 0.25) is 0 Å². The molecule has 0 spiro atoms. The topological polar surface area (TPSA) is 120 Å². The number of ether oxygens (including phenoxy) is 1. The predicted octanol–water partition coefficient (Wildman–Crippen LogP) is 1.04. The minimum atomic E-state index is -0.583. The van der Waals surface area contributed by atoms with Gasteiger partial charge < -0.3 is 15.5 Å². The molecule has 1 aromatic rings. The molecule has 4 N–H and O–H groups in total. The van der Waals surface area contributed by atoms with Gasteiger partial charge in [-0.25, -0.2) is 0 Å². The van der Waals surface area contributed by atoms with Crippen molar-refractivity contribution in [1.29, 1.82) is 0 Å². The van der Waals surface area contributed by atoms with E-state index in [0.29, 0.717) is 13.2 Å². The van der Waals surface area contributed by atoms with Crippen LogP contribution in [0, 0.1) is 16.0 Å². The maximum Gasteiger partial charge on any atom is 0.294 e. The van der Waals surface area contributed by atoms with Gasteiger partial charge in [0.25, 0.3) is 11.6 Å². The molecule has 1 saturated heterocycles. The molecule has 0 bridgehead atoms. The van der Waals surface area contributed by atoms with Gasteiger partial charge in [-0.3, -0.25) is 20.8 Å². The molecule has 0 aliphatic carbocycles. The summed E-state index contributed by atoms with van der Waals surface area (Å²) in [6.07, 6.45) is 0.887. The lowest BCUT2D eigenvalue weighted by atomic mass is 10.00.